The lowest BCUT2D eigenvalue weighted by molar-refractivity contribution is -0.142. The normalized spacial score (nSPS) is 13.8. The van der Waals surface area contributed by atoms with Crippen LogP contribution in [0.5, 0.6) is 0 Å². The molecule has 2 aromatic rings. The molecule has 0 aromatic heterocycles. The number of nitrogens with one attached hydrogen (secondary N) is 5. The number of unbranched alkanes of at least 4 members (excludes halogenated alkanes) is 3. The minimum atomic E-state index is -1.34. The van der Waals surface area contributed by atoms with Crippen LogP contribution in [0.2, 0.25) is 0 Å². The summed E-state index contributed by atoms with van der Waals surface area (Å²) in [6.45, 7) is 20.2. The lowest BCUT2D eigenvalue weighted by Gasteiger charge is -2.32. The van der Waals surface area contributed by atoms with Crippen LogP contribution in [0, 0.1) is 5.92 Å². The monoisotopic (exact) mass is 953 g/mol. The number of amides is 6. The van der Waals surface area contributed by atoms with Gasteiger partial charge >= 0.3 is 18.2 Å². The maximum Gasteiger partial charge on any atom is 0.407 e. The molecule has 17 heteroatoms. The first-order valence-electron chi connectivity index (χ1n) is 24.0. The van der Waals surface area contributed by atoms with E-state index >= 15 is 0 Å². The van der Waals surface area contributed by atoms with Crippen molar-refractivity contribution in [2.75, 3.05) is 26.7 Å². The van der Waals surface area contributed by atoms with Gasteiger partial charge in [-0.25, -0.2) is 14.4 Å². The molecule has 17 nitrogen and oxygen atoms in total. The molecule has 0 aliphatic rings. The first kappa shape index (κ1) is 58.4. The van der Waals surface area contributed by atoms with Gasteiger partial charge in [-0.1, -0.05) is 63.6 Å². The summed E-state index contributed by atoms with van der Waals surface area (Å²) in [6, 6.07) is 10.5. The van der Waals surface area contributed by atoms with Crippen molar-refractivity contribution in [2.24, 2.45) is 5.92 Å². The number of benzene rings is 2. The Kier molecular flexibility index (Phi) is 24.6. The number of carboxylic acids is 1. The Hall–Kier alpha value is -5.71. The van der Waals surface area contributed by atoms with Crippen molar-refractivity contribution < 1.29 is 52.9 Å². The van der Waals surface area contributed by atoms with Crippen molar-refractivity contribution >= 4 is 41.8 Å². The Morgan fingerprint density at radius 3 is 1.65 bits per heavy atom. The number of alkyl carbamates (subject to hydrolysis) is 2. The highest BCUT2D eigenvalue weighted by Gasteiger charge is 2.35. The molecule has 0 spiro atoms. The second-order valence-corrected chi connectivity index (χ2v) is 19.7. The number of likely N-dealkylation sites (N-methyl/N-ethyl adjacent to an activating group) is 1. The number of aliphatic carboxylic acids is 1. The summed E-state index contributed by atoms with van der Waals surface area (Å²) in [7, 11) is 1.52. The molecule has 6 N–H and O–H groups in total. The topological polar surface area (TPSA) is 231 Å². The van der Waals surface area contributed by atoms with Gasteiger partial charge in [0.25, 0.3) is 5.91 Å². The first-order chi connectivity index (χ1) is 31.8. The number of rotatable bonds is 27. The van der Waals surface area contributed by atoms with E-state index < -0.39 is 83.3 Å². The Morgan fingerprint density at radius 1 is 0.647 bits per heavy atom. The van der Waals surface area contributed by atoms with Gasteiger partial charge in [0, 0.05) is 32.3 Å². The third-order valence-corrected chi connectivity index (χ3v) is 10.6. The molecule has 5 unspecified atom stereocenters. The van der Waals surface area contributed by atoms with E-state index in [4.69, 9.17) is 14.2 Å². The van der Waals surface area contributed by atoms with E-state index in [9.17, 15) is 38.7 Å². The maximum atomic E-state index is 14.4. The Labute approximate surface area is 403 Å². The SMILES string of the molecule is CCCCc1ccc(-c2ccc(C(=O)N(C)C(CCCCNC(=O)OC(C)(C)C)C(=O)NC(C(=O)NC(C)C(=O)NC(CCCCNC(=O)OC(C)(C)C)C(=O)O)C(C)OCC(C)C)cc2)cc1. The van der Waals surface area contributed by atoms with Gasteiger partial charge in [-0.3, -0.25) is 19.2 Å². The van der Waals surface area contributed by atoms with Gasteiger partial charge in [-0.15, -0.1) is 0 Å². The van der Waals surface area contributed by atoms with Gasteiger partial charge in [0.1, 0.15) is 35.4 Å². The number of nitrogens with zero attached hydrogens (tertiary/aromatic N) is 1. The van der Waals surface area contributed by atoms with Gasteiger partial charge in [-0.05, 0) is 141 Å². The third-order valence-electron chi connectivity index (χ3n) is 10.6. The summed E-state index contributed by atoms with van der Waals surface area (Å²) in [5, 5.41) is 23.1. The van der Waals surface area contributed by atoms with Crippen molar-refractivity contribution in [1.82, 2.24) is 31.5 Å². The molecule has 380 valence electrons. The van der Waals surface area contributed by atoms with Gasteiger partial charge in [0.05, 0.1) is 6.10 Å². The minimum absolute atomic E-state index is 0.0539. The fourth-order valence-electron chi connectivity index (χ4n) is 6.85. The summed E-state index contributed by atoms with van der Waals surface area (Å²) in [5.41, 5.74) is 2.19. The molecule has 0 heterocycles. The largest absolute Gasteiger partial charge is 0.480 e. The fraction of sp³-hybridized carbons (Fsp3) is 0.627. The molecule has 2 rings (SSSR count). The van der Waals surface area contributed by atoms with E-state index in [0.717, 1.165) is 30.4 Å². The van der Waals surface area contributed by atoms with E-state index in [-0.39, 0.29) is 38.5 Å². The third kappa shape index (κ3) is 22.4. The van der Waals surface area contributed by atoms with E-state index in [1.807, 2.05) is 26.0 Å². The molecule has 0 aliphatic heterocycles. The smallest absolute Gasteiger partial charge is 0.407 e. The van der Waals surface area contributed by atoms with Gasteiger partial charge in [0.2, 0.25) is 17.7 Å². The van der Waals surface area contributed by atoms with E-state index in [2.05, 4.69) is 57.8 Å². The predicted octanol–water partition coefficient (Wildman–Crippen LogP) is 7.15. The van der Waals surface area contributed by atoms with Crippen LogP contribution in [0.4, 0.5) is 9.59 Å². The average molecular weight is 953 g/mol. The molecule has 0 saturated carbocycles. The summed E-state index contributed by atoms with van der Waals surface area (Å²) in [6.07, 6.45) is 3.00. The highest BCUT2D eigenvalue weighted by atomic mass is 16.6. The van der Waals surface area contributed by atoms with Crippen LogP contribution in [0.15, 0.2) is 48.5 Å². The molecule has 0 aliphatic carbocycles. The molecule has 2 aromatic carbocycles. The number of aryl methyl sites for hydroxylation is 1. The molecule has 0 saturated heterocycles. The van der Waals surface area contributed by atoms with Crippen LogP contribution in [0.3, 0.4) is 0 Å². The summed E-state index contributed by atoms with van der Waals surface area (Å²) >= 11 is 0. The van der Waals surface area contributed by atoms with Crippen LogP contribution in [-0.4, -0.2) is 120 Å². The summed E-state index contributed by atoms with van der Waals surface area (Å²) in [5.74, 6) is -3.81. The number of carbonyl (C=O) groups is 7. The molecule has 0 radical (unpaired) electrons. The van der Waals surface area contributed by atoms with Gasteiger partial charge < -0.3 is 50.8 Å². The van der Waals surface area contributed by atoms with Crippen LogP contribution >= 0.6 is 0 Å². The molecule has 0 fully saturated rings. The molecule has 5 atom stereocenters. The fourth-order valence-corrected chi connectivity index (χ4v) is 6.85. The Balaban J connectivity index is 2.28. The van der Waals surface area contributed by atoms with Gasteiger partial charge in [-0.2, -0.15) is 0 Å². The maximum absolute atomic E-state index is 14.4. The number of carbonyl (C=O) groups excluding carboxylic acids is 6. The Bertz CT molecular complexity index is 1930. The van der Waals surface area contributed by atoms with Crippen molar-refractivity contribution in [3.8, 4) is 11.1 Å². The summed E-state index contributed by atoms with van der Waals surface area (Å²) < 4.78 is 16.5. The van der Waals surface area contributed by atoms with Crippen LogP contribution in [-0.2, 0) is 39.8 Å². The molecular weight excluding hydrogens is 873 g/mol. The highest BCUT2D eigenvalue weighted by molar-refractivity contribution is 5.99. The van der Waals surface area contributed by atoms with Crippen LogP contribution in [0.1, 0.15) is 143 Å². The average Bonchev–Trinajstić information content (AvgIpc) is 3.25. The van der Waals surface area contributed by atoms with Crippen molar-refractivity contribution in [1.29, 1.82) is 0 Å². The second-order valence-electron chi connectivity index (χ2n) is 19.7. The molecule has 68 heavy (non-hydrogen) atoms. The lowest BCUT2D eigenvalue weighted by atomic mass is 10.00. The number of ether oxygens (including phenoxy) is 3. The zero-order valence-electron chi connectivity index (χ0n) is 42.5. The van der Waals surface area contributed by atoms with Crippen molar-refractivity contribution in [2.45, 2.75) is 175 Å². The number of hydrogen-bond acceptors (Lipinski definition) is 10. The molecule has 0 bridgehead atoms. The van der Waals surface area contributed by atoms with Crippen LogP contribution in [0.25, 0.3) is 11.1 Å². The zero-order valence-corrected chi connectivity index (χ0v) is 42.5. The first-order valence-corrected chi connectivity index (χ1v) is 24.0. The predicted molar refractivity (Wildman–Crippen MR) is 262 cm³/mol. The summed E-state index contributed by atoms with van der Waals surface area (Å²) in [4.78, 5) is 93.5. The van der Waals surface area contributed by atoms with E-state index in [1.165, 1.54) is 24.4 Å². The second kappa shape index (κ2) is 28.6. The number of carboxylic acid groups (broad SMARTS) is 1. The van der Waals surface area contributed by atoms with Crippen LogP contribution < -0.4 is 26.6 Å². The molecular formula is C51H80N6O11. The quantitative estimate of drug-likeness (QED) is 0.0493. The van der Waals surface area contributed by atoms with Crippen molar-refractivity contribution in [3.63, 3.8) is 0 Å². The number of hydrogen-bond donors (Lipinski definition) is 6. The van der Waals surface area contributed by atoms with E-state index in [0.29, 0.717) is 31.2 Å². The zero-order chi connectivity index (χ0) is 51.2. The Morgan fingerprint density at radius 2 is 1.16 bits per heavy atom. The minimum Gasteiger partial charge on any atom is -0.480 e. The standard InChI is InChI=1S/C51H80N6O11/c1-13-14-19-36-22-24-37(25-23-36)38-26-28-39(29-27-38)46(61)57(12)41(21-16-18-31-53-49(65)68-51(9,10)11)44(59)56-42(35(5)66-32-33(2)3)45(60)54-34(4)43(58)55-40(47(62)63)20-15-17-30-52-48(64)67-50(6,7)8/h22-29,33-35,40-42H,13-21,30-32H2,1-12H3,(H,52,64)(H,53,65)(H,54,60)(H,55,58)(H,56,59)(H,62,63). The highest BCUT2D eigenvalue weighted by Crippen LogP contribution is 2.23. The molecule has 6 amide bonds. The lowest BCUT2D eigenvalue weighted by Crippen LogP contribution is -2.60. The van der Waals surface area contributed by atoms with Crippen molar-refractivity contribution in [3.05, 3.63) is 59.7 Å². The van der Waals surface area contributed by atoms with Gasteiger partial charge in [0.15, 0.2) is 0 Å². The van der Waals surface area contributed by atoms with E-state index in [1.54, 1.807) is 60.6 Å².